The fourth-order valence-corrected chi connectivity index (χ4v) is 2.95. The molecule has 0 aliphatic carbocycles. The topological polar surface area (TPSA) is 90.1 Å². The van der Waals surface area contributed by atoms with E-state index in [1.54, 1.807) is 6.07 Å². The highest BCUT2D eigenvalue weighted by molar-refractivity contribution is 6.04. The smallest absolute Gasteiger partial charge is 0.270 e. The molecular weight excluding hydrogens is 344 g/mol. The maximum atomic E-state index is 12.3. The second-order valence-electron chi connectivity index (χ2n) is 6.41. The van der Waals surface area contributed by atoms with Crippen molar-refractivity contribution in [2.75, 3.05) is 5.32 Å². The molecule has 7 heteroatoms. The summed E-state index contributed by atoms with van der Waals surface area (Å²) in [5.74, 6) is -0.384. The number of aromatic nitrogens is 2. The minimum absolute atomic E-state index is 0.111. The molecule has 0 saturated carbocycles. The number of nitrogens with zero attached hydrogens (tertiary/aromatic N) is 3. The number of nitro benzene ring substituents is 1. The molecule has 1 heterocycles. The van der Waals surface area contributed by atoms with E-state index in [1.807, 2.05) is 49.8 Å². The maximum absolute atomic E-state index is 12.3. The third-order valence-electron chi connectivity index (χ3n) is 4.57. The molecule has 3 rings (SSSR count). The zero-order valence-electron chi connectivity index (χ0n) is 15.4. The standard InChI is InChI=1S/C20H20N4O3/c1-13-19(14(2)23(3)22-13)11-15-7-9-17(10-8-15)21-20(25)16-5-4-6-18(12-16)24(26)27/h4-10,12H,11H2,1-3H3,(H,21,25). The summed E-state index contributed by atoms with van der Waals surface area (Å²) in [7, 11) is 1.93. The Balaban J connectivity index is 1.71. The van der Waals surface area contributed by atoms with Crippen molar-refractivity contribution in [2.24, 2.45) is 7.05 Å². The molecule has 0 atom stereocenters. The highest BCUT2D eigenvalue weighted by Crippen LogP contribution is 2.20. The predicted octanol–water partition coefficient (Wildman–Crippen LogP) is 3.79. The SMILES string of the molecule is Cc1nn(C)c(C)c1Cc1ccc(NC(=O)c2cccc([N+](=O)[O-])c2)cc1. The molecule has 0 unspecified atom stereocenters. The lowest BCUT2D eigenvalue weighted by Crippen LogP contribution is -2.12. The van der Waals surface area contributed by atoms with E-state index in [2.05, 4.69) is 10.4 Å². The number of aryl methyl sites for hydroxylation is 2. The first-order chi connectivity index (χ1) is 12.8. The molecule has 0 bridgehead atoms. The van der Waals surface area contributed by atoms with Gasteiger partial charge in [-0.05, 0) is 37.6 Å². The van der Waals surface area contributed by atoms with Crippen molar-refractivity contribution < 1.29 is 9.72 Å². The minimum Gasteiger partial charge on any atom is -0.322 e. The summed E-state index contributed by atoms with van der Waals surface area (Å²) in [4.78, 5) is 22.6. The average molecular weight is 364 g/mol. The van der Waals surface area contributed by atoms with Crippen LogP contribution in [-0.2, 0) is 13.5 Å². The minimum atomic E-state index is -0.520. The van der Waals surface area contributed by atoms with Crippen LogP contribution in [0.4, 0.5) is 11.4 Å². The van der Waals surface area contributed by atoms with Gasteiger partial charge in [-0.3, -0.25) is 19.6 Å². The lowest BCUT2D eigenvalue weighted by atomic mass is 10.0. The van der Waals surface area contributed by atoms with Gasteiger partial charge in [0.15, 0.2) is 0 Å². The number of nitro groups is 1. The Morgan fingerprint density at radius 2 is 1.89 bits per heavy atom. The lowest BCUT2D eigenvalue weighted by molar-refractivity contribution is -0.384. The Labute approximate surface area is 156 Å². The monoisotopic (exact) mass is 364 g/mol. The zero-order valence-corrected chi connectivity index (χ0v) is 15.4. The number of nitrogens with one attached hydrogen (secondary N) is 1. The van der Waals surface area contributed by atoms with Gasteiger partial charge in [-0.25, -0.2) is 0 Å². The van der Waals surface area contributed by atoms with Crippen LogP contribution in [0.15, 0.2) is 48.5 Å². The van der Waals surface area contributed by atoms with E-state index in [0.717, 1.165) is 23.4 Å². The Hall–Kier alpha value is -3.48. The van der Waals surface area contributed by atoms with E-state index < -0.39 is 4.92 Å². The van der Waals surface area contributed by atoms with E-state index in [-0.39, 0.29) is 17.2 Å². The molecule has 0 aliphatic rings. The second kappa shape index (κ2) is 7.41. The number of hydrogen-bond acceptors (Lipinski definition) is 4. The summed E-state index contributed by atoms with van der Waals surface area (Å²) in [5, 5.41) is 18.0. The number of benzene rings is 2. The molecule has 0 saturated heterocycles. The van der Waals surface area contributed by atoms with Gasteiger partial charge in [0.2, 0.25) is 0 Å². The van der Waals surface area contributed by atoms with Crippen molar-refractivity contribution in [1.29, 1.82) is 0 Å². The van der Waals surface area contributed by atoms with Gasteiger partial charge >= 0.3 is 0 Å². The van der Waals surface area contributed by atoms with Crippen molar-refractivity contribution in [3.63, 3.8) is 0 Å². The Kier molecular flexibility index (Phi) is 5.03. The van der Waals surface area contributed by atoms with Crippen LogP contribution < -0.4 is 5.32 Å². The first kappa shape index (κ1) is 18.3. The van der Waals surface area contributed by atoms with E-state index >= 15 is 0 Å². The van der Waals surface area contributed by atoms with E-state index in [4.69, 9.17) is 0 Å². The fraction of sp³-hybridized carbons (Fsp3) is 0.200. The van der Waals surface area contributed by atoms with E-state index in [0.29, 0.717) is 5.69 Å². The highest BCUT2D eigenvalue weighted by atomic mass is 16.6. The molecular formula is C20H20N4O3. The molecule has 3 aromatic rings. The van der Waals surface area contributed by atoms with E-state index in [1.165, 1.54) is 23.8 Å². The molecule has 0 radical (unpaired) electrons. The van der Waals surface area contributed by atoms with Crippen LogP contribution in [0.1, 0.15) is 32.9 Å². The van der Waals surface area contributed by atoms with Gasteiger partial charge in [0.25, 0.3) is 11.6 Å². The number of carbonyl (C=O) groups is 1. The third kappa shape index (κ3) is 4.03. The lowest BCUT2D eigenvalue weighted by Gasteiger charge is -2.07. The van der Waals surface area contributed by atoms with Gasteiger partial charge in [0, 0.05) is 48.1 Å². The van der Waals surface area contributed by atoms with Crippen molar-refractivity contribution >= 4 is 17.3 Å². The molecule has 0 spiro atoms. The van der Waals surface area contributed by atoms with Crippen molar-refractivity contribution in [2.45, 2.75) is 20.3 Å². The molecule has 1 aromatic heterocycles. The first-order valence-electron chi connectivity index (χ1n) is 8.49. The quantitative estimate of drug-likeness (QED) is 0.551. The predicted molar refractivity (Wildman–Crippen MR) is 103 cm³/mol. The maximum Gasteiger partial charge on any atom is 0.270 e. The van der Waals surface area contributed by atoms with Crippen LogP contribution in [0.2, 0.25) is 0 Å². The fourth-order valence-electron chi connectivity index (χ4n) is 2.95. The van der Waals surface area contributed by atoms with Crippen LogP contribution in [0.3, 0.4) is 0 Å². The molecule has 7 nitrogen and oxygen atoms in total. The van der Waals surface area contributed by atoms with Crippen molar-refractivity contribution in [3.8, 4) is 0 Å². The van der Waals surface area contributed by atoms with Gasteiger partial charge < -0.3 is 5.32 Å². The van der Waals surface area contributed by atoms with Crippen LogP contribution in [0.5, 0.6) is 0 Å². The summed E-state index contributed by atoms with van der Waals surface area (Å²) in [6.07, 6.45) is 0.768. The molecule has 2 aromatic carbocycles. The Morgan fingerprint density at radius 1 is 1.19 bits per heavy atom. The highest BCUT2D eigenvalue weighted by Gasteiger charge is 2.12. The molecule has 0 aliphatic heterocycles. The average Bonchev–Trinajstić information content (AvgIpc) is 2.89. The van der Waals surface area contributed by atoms with Crippen LogP contribution >= 0.6 is 0 Å². The van der Waals surface area contributed by atoms with Crippen LogP contribution in [0, 0.1) is 24.0 Å². The molecule has 27 heavy (non-hydrogen) atoms. The van der Waals surface area contributed by atoms with Gasteiger partial charge in [-0.2, -0.15) is 5.10 Å². The van der Waals surface area contributed by atoms with Crippen LogP contribution in [0.25, 0.3) is 0 Å². The van der Waals surface area contributed by atoms with Crippen molar-refractivity contribution in [1.82, 2.24) is 9.78 Å². The Bertz CT molecular complexity index is 1010. The summed E-state index contributed by atoms with van der Waals surface area (Å²) in [5.41, 5.74) is 5.23. The van der Waals surface area contributed by atoms with Crippen molar-refractivity contribution in [3.05, 3.63) is 86.7 Å². The first-order valence-corrected chi connectivity index (χ1v) is 8.49. The largest absolute Gasteiger partial charge is 0.322 e. The number of hydrogen-bond donors (Lipinski definition) is 1. The zero-order chi connectivity index (χ0) is 19.6. The number of amides is 1. The molecule has 1 N–H and O–H groups in total. The molecule has 0 fully saturated rings. The van der Waals surface area contributed by atoms with E-state index in [9.17, 15) is 14.9 Å². The number of rotatable bonds is 5. The molecule has 138 valence electrons. The van der Waals surface area contributed by atoms with Gasteiger partial charge in [0.1, 0.15) is 0 Å². The van der Waals surface area contributed by atoms with Gasteiger partial charge in [0.05, 0.1) is 10.6 Å². The summed E-state index contributed by atoms with van der Waals surface area (Å²) in [6, 6.07) is 13.2. The van der Waals surface area contributed by atoms with Gasteiger partial charge in [-0.15, -0.1) is 0 Å². The van der Waals surface area contributed by atoms with Crippen LogP contribution in [-0.4, -0.2) is 20.6 Å². The summed E-state index contributed by atoms with van der Waals surface area (Å²) < 4.78 is 1.87. The van der Waals surface area contributed by atoms with Gasteiger partial charge in [-0.1, -0.05) is 18.2 Å². The third-order valence-corrected chi connectivity index (χ3v) is 4.57. The Morgan fingerprint density at radius 3 is 2.48 bits per heavy atom. The number of non-ortho nitro benzene ring substituents is 1. The summed E-state index contributed by atoms with van der Waals surface area (Å²) >= 11 is 0. The number of anilines is 1. The second-order valence-corrected chi connectivity index (χ2v) is 6.41. The summed E-state index contributed by atoms with van der Waals surface area (Å²) in [6.45, 7) is 4.04. The normalized spacial score (nSPS) is 10.6. The molecule has 1 amide bonds. The number of carbonyl (C=O) groups excluding carboxylic acids is 1.